The molecule has 0 radical (unpaired) electrons. The van der Waals surface area contributed by atoms with E-state index in [2.05, 4.69) is 9.44 Å². The van der Waals surface area contributed by atoms with Crippen molar-refractivity contribution in [2.24, 2.45) is 5.16 Å². The summed E-state index contributed by atoms with van der Waals surface area (Å²) in [5.74, 6) is -2.61. The van der Waals surface area contributed by atoms with Crippen molar-refractivity contribution >= 4 is 28.0 Å². The Kier molecular flexibility index (Phi) is 7.03. The normalized spacial score (nSPS) is 10.6. The lowest BCUT2D eigenvalue weighted by Gasteiger charge is -2.09. The van der Waals surface area contributed by atoms with Crippen LogP contribution in [0, 0.1) is 0 Å². The van der Waals surface area contributed by atoms with Gasteiger partial charge in [-0.2, -0.15) is 8.42 Å². The standard InChI is InChI=1S/C17H15NO8S/c19-16(24-11-13-7-3-1-4-8-13)15(18-26-27(21,22)23)17(20)25-12-14-9-5-2-6-10-14/h1-10H,11-12H2,(H,21,22,23)/p-1. The van der Waals surface area contributed by atoms with Crippen LogP contribution >= 0.6 is 0 Å². The van der Waals surface area contributed by atoms with Crippen molar-refractivity contribution in [3.05, 3.63) is 71.8 Å². The molecule has 0 unspecified atom stereocenters. The van der Waals surface area contributed by atoms with Crippen LogP contribution in [0.1, 0.15) is 11.1 Å². The fourth-order valence-electron chi connectivity index (χ4n) is 1.82. The van der Waals surface area contributed by atoms with Gasteiger partial charge in [-0.15, -0.1) is 0 Å². The molecule has 142 valence electrons. The molecule has 0 aliphatic heterocycles. The van der Waals surface area contributed by atoms with E-state index >= 15 is 0 Å². The summed E-state index contributed by atoms with van der Waals surface area (Å²) in [5.41, 5.74) is 0.113. The lowest BCUT2D eigenvalue weighted by atomic mass is 10.2. The fraction of sp³-hybridized carbons (Fsp3) is 0.118. The zero-order valence-corrected chi connectivity index (χ0v) is 14.6. The maximum Gasteiger partial charge on any atom is 0.368 e. The highest BCUT2D eigenvalue weighted by molar-refractivity contribution is 7.80. The van der Waals surface area contributed by atoms with Crippen LogP contribution in [0.3, 0.4) is 0 Å². The highest BCUT2D eigenvalue weighted by atomic mass is 32.3. The molecule has 0 saturated heterocycles. The minimum atomic E-state index is -5.27. The van der Waals surface area contributed by atoms with Crippen LogP contribution in [-0.2, 0) is 47.0 Å². The first-order chi connectivity index (χ1) is 12.8. The molecule has 9 nitrogen and oxygen atoms in total. The van der Waals surface area contributed by atoms with Gasteiger partial charge in [0, 0.05) is 0 Å². The average Bonchev–Trinajstić information content (AvgIpc) is 2.65. The summed E-state index contributed by atoms with van der Waals surface area (Å²) in [6.45, 7) is -0.427. The number of carbonyl (C=O) groups is 2. The van der Waals surface area contributed by atoms with Crippen LogP contribution in [0.5, 0.6) is 0 Å². The monoisotopic (exact) mass is 392 g/mol. The van der Waals surface area contributed by atoms with Gasteiger partial charge in [0.1, 0.15) is 13.2 Å². The van der Waals surface area contributed by atoms with Crippen LogP contribution in [0.4, 0.5) is 0 Å². The van der Waals surface area contributed by atoms with E-state index in [9.17, 15) is 22.6 Å². The lowest BCUT2D eigenvalue weighted by Crippen LogP contribution is -2.29. The van der Waals surface area contributed by atoms with Gasteiger partial charge in [-0.3, -0.25) is 4.28 Å². The van der Waals surface area contributed by atoms with Crippen LogP contribution in [-0.4, -0.2) is 30.6 Å². The molecule has 0 atom stereocenters. The number of carbonyl (C=O) groups excluding carboxylic acids is 2. The predicted octanol–water partition coefficient (Wildman–Crippen LogP) is 1.31. The van der Waals surface area contributed by atoms with Gasteiger partial charge in [0.05, 0.1) is 0 Å². The summed E-state index contributed by atoms with van der Waals surface area (Å²) >= 11 is 0. The SMILES string of the molecule is O=C(OCc1ccccc1)C(=NOS(=O)(=O)[O-])C(=O)OCc1ccccc1. The third-order valence-corrected chi connectivity index (χ3v) is 3.29. The molecule has 0 bridgehead atoms. The fourth-order valence-corrected chi connectivity index (χ4v) is 1.99. The molecule has 2 aromatic carbocycles. The van der Waals surface area contributed by atoms with Crippen LogP contribution in [0.15, 0.2) is 65.8 Å². The molecule has 0 heterocycles. The van der Waals surface area contributed by atoms with E-state index in [1.165, 1.54) is 0 Å². The van der Waals surface area contributed by atoms with Gasteiger partial charge < -0.3 is 14.0 Å². The number of esters is 2. The zero-order valence-electron chi connectivity index (χ0n) is 13.8. The molecule has 10 heteroatoms. The Balaban J connectivity index is 2.07. The summed E-state index contributed by atoms with van der Waals surface area (Å²) in [7, 11) is -5.27. The van der Waals surface area contributed by atoms with Gasteiger partial charge >= 0.3 is 11.9 Å². The number of rotatable bonds is 8. The Morgan fingerprint density at radius 1 is 0.815 bits per heavy atom. The van der Waals surface area contributed by atoms with Crippen molar-refractivity contribution in [3.63, 3.8) is 0 Å². The summed E-state index contributed by atoms with van der Waals surface area (Å²) in [6.07, 6.45) is 0. The first-order valence-corrected chi connectivity index (χ1v) is 8.83. The summed E-state index contributed by atoms with van der Waals surface area (Å²) in [5, 5.41) is 2.79. The second kappa shape index (κ2) is 9.46. The van der Waals surface area contributed by atoms with Crippen LogP contribution in [0.25, 0.3) is 0 Å². The van der Waals surface area contributed by atoms with Gasteiger partial charge in [-0.25, -0.2) is 9.59 Å². The van der Waals surface area contributed by atoms with Gasteiger partial charge in [0.15, 0.2) is 0 Å². The molecule has 0 aliphatic carbocycles. The Morgan fingerprint density at radius 2 is 1.22 bits per heavy atom. The Labute approximate surface area is 155 Å². The van der Waals surface area contributed by atoms with Crippen molar-refractivity contribution in [1.29, 1.82) is 0 Å². The predicted molar refractivity (Wildman–Crippen MR) is 90.7 cm³/mol. The van der Waals surface area contributed by atoms with Gasteiger partial charge in [0.2, 0.25) is 0 Å². The Hall–Kier alpha value is -3.24. The highest BCUT2D eigenvalue weighted by Crippen LogP contribution is 2.05. The number of ether oxygens (including phenoxy) is 2. The minimum absolute atomic E-state index is 0.214. The van der Waals surface area contributed by atoms with E-state index in [-0.39, 0.29) is 13.2 Å². The molecular weight excluding hydrogens is 378 g/mol. The van der Waals surface area contributed by atoms with Crippen LogP contribution in [0.2, 0.25) is 0 Å². The molecule has 0 aliphatic rings. The van der Waals surface area contributed by atoms with Crippen molar-refractivity contribution < 1.29 is 36.3 Å². The van der Waals surface area contributed by atoms with E-state index in [1.54, 1.807) is 60.7 Å². The molecule has 0 saturated carbocycles. The zero-order chi connectivity index (χ0) is 19.7. The maximum atomic E-state index is 12.1. The van der Waals surface area contributed by atoms with Crippen molar-refractivity contribution in [3.8, 4) is 0 Å². The second-order valence-electron chi connectivity index (χ2n) is 5.05. The Bertz CT molecular complexity index is 853. The molecule has 0 spiro atoms. The summed E-state index contributed by atoms with van der Waals surface area (Å²) < 4.78 is 45.1. The molecule has 27 heavy (non-hydrogen) atoms. The van der Waals surface area contributed by atoms with E-state index in [0.717, 1.165) is 0 Å². The highest BCUT2D eigenvalue weighted by Gasteiger charge is 2.26. The topological polar surface area (TPSA) is 131 Å². The molecular formula is C17H14NO8S-. The lowest BCUT2D eigenvalue weighted by molar-refractivity contribution is -0.142. The molecule has 2 aromatic rings. The third kappa shape index (κ3) is 7.26. The van der Waals surface area contributed by atoms with Gasteiger partial charge in [0.25, 0.3) is 16.1 Å². The molecule has 2 rings (SSSR count). The van der Waals surface area contributed by atoms with Gasteiger partial charge in [-0.05, 0) is 11.1 Å². The van der Waals surface area contributed by atoms with E-state index in [0.29, 0.717) is 11.1 Å². The minimum Gasteiger partial charge on any atom is -0.714 e. The maximum absolute atomic E-state index is 12.1. The van der Waals surface area contributed by atoms with Crippen LogP contribution < -0.4 is 0 Å². The van der Waals surface area contributed by atoms with E-state index in [4.69, 9.17) is 9.47 Å². The van der Waals surface area contributed by atoms with Crippen molar-refractivity contribution in [2.45, 2.75) is 13.2 Å². The molecule has 0 N–H and O–H groups in total. The largest absolute Gasteiger partial charge is 0.714 e. The molecule has 0 amide bonds. The van der Waals surface area contributed by atoms with Crippen molar-refractivity contribution in [2.75, 3.05) is 0 Å². The smallest absolute Gasteiger partial charge is 0.368 e. The molecule has 0 aromatic heterocycles. The first kappa shape index (κ1) is 20.1. The quantitative estimate of drug-likeness (QED) is 0.164. The van der Waals surface area contributed by atoms with Crippen molar-refractivity contribution in [1.82, 2.24) is 0 Å². The van der Waals surface area contributed by atoms with Gasteiger partial charge in [-0.1, -0.05) is 65.8 Å². The number of oxime groups is 1. The van der Waals surface area contributed by atoms with E-state index in [1.807, 2.05) is 0 Å². The number of nitrogens with zero attached hydrogens (tertiary/aromatic N) is 1. The average molecular weight is 392 g/mol. The van der Waals surface area contributed by atoms with E-state index < -0.39 is 28.0 Å². The third-order valence-electron chi connectivity index (χ3n) is 3.03. The number of hydrogen-bond acceptors (Lipinski definition) is 9. The second-order valence-corrected chi connectivity index (χ2v) is 6.01. The number of hydrogen-bond donors (Lipinski definition) is 0. The Morgan fingerprint density at radius 3 is 1.59 bits per heavy atom. The molecule has 0 fully saturated rings. The number of benzene rings is 2. The first-order valence-electron chi connectivity index (χ1n) is 7.50. The summed E-state index contributed by atoms with van der Waals surface area (Å²) in [4.78, 5) is 24.1. The summed E-state index contributed by atoms with van der Waals surface area (Å²) in [6, 6.07) is 17.0.